The van der Waals surface area contributed by atoms with E-state index in [-0.39, 0.29) is 24.0 Å². The maximum absolute atomic E-state index is 9.36. The molecule has 0 atom stereocenters. The molecule has 0 bridgehead atoms. The zero-order valence-corrected chi connectivity index (χ0v) is 19.7. The fraction of sp³-hybridized carbons (Fsp3) is 0.476. The van der Waals surface area contributed by atoms with Crippen LogP contribution in [-0.4, -0.2) is 60.1 Å². The van der Waals surface area contributed by atoms with Crippen molar-refractivity contribution in [1.29, 1.82) is 0 Å². The molecule has 1 aliphatic heterocycles. The Balaban J connectivity index is 0.00000280. The van der Waals surface area contributed by atoms with Gasteiger partial charge >= 0.3 is 0 Å². The third kappa shape index (κ3) is 7.25. The number of phenolic OH excluding ortho intramolecular Hbond substituents is 1. The number of piperazine rings is 1. The quantitative estimate of drug-likeness (QED) is 0.256. The van der Waals surface area contributed by atoms with Gasteiger partial charge in [-0.2, -0.15) is 0 Å². The molecule has 0 radical (unpaired) electrons. The van der Waals surface area contributed by atoms with Gasteiger partial charge in [-0.1, -0.05) is 18.2 Å². The largest absolute Gasteiger partial charge is 0.508 e. The maximum atomic E-state index is 9.36. The third-order valence-electron chi connectivity index (χ3n) is 4.79. The second kappa shape index (κ2) is 12.3. The van der Waals surface area contributed by atoms with Crippen molar-refractivity contribution in [2.24, 2.45) is 4.99 Å². The van der Waals surface area contributed by atoms with Crippen molar-refractivity contribution >= 4 is 41.3 Å². The minimum atomic E-state index is 0. The van der Waals surface area contributed by atoms with Gasteiger partial charge in [-0.15, -0.1) is 35.3 Å². The molecule has 7 heteroatoms. The molecule has 5 nitrogen and oxygen atoms in total. The molecule has 2 heterocycles. The Morgan fingerprint density at radius 1 is 1.14 bits per heavy atom. The molecule has 1 aliphatic rings. The first kappa shape index (κ1) is 23.0. The fourth-order valence-corrected chi connectivity index (χ4v) is 4.04. The Morgan fingerprint density at radius 3 is 2.54 bits per heavy atom. The van der Waals surface area contributed by atoms with Crippen molar-refractivity contribution < 1.29 is 5.11 Å². The minimum Gasteiger partial charge on any atom is -0.508 e. The Hall–Kier alpha value is -1.32. The second-order valence-corrected chi connectivity index (χ2v) is 7.88. The number of hydrogen-bond donors (Lipinski definition) is 2. The van der Waals surface area contributed by atoms with Crippen LogP contribution in [0.3, 0.4) is 0 Å². The first-order valence-electron chi connectivity index (χ1n) is 9.80. The molecule has 1 aromatic heterocycles. The van der Waals surface area contributed by atoms with E-state index < -0.39 is 0 Å². The van der Waals surface area contributed by atoms with E-state index in [1.54, 1.807) is 12.1 Å². The zero-order valence-electron chi connectivity index (χ0n) is 16.5. The highest BCUT2D eigenvalue weighted by Crippen LogP contribution is 2.14. The Kier molecular flexibility index (Phi) is 10.1. The first-order valence-corrected chi connectivity index (χ1v) is 10.7. The van der Waals surface area contributed by atoms with Crippen molar-refractivity contribution in [2.45, 2.75) is 26.3 Å². The standard InChI is InChI=1S/C21H30N4OS.HI/c1-2-22-21(23-11-3-5-18-7-9-19(26)10-8-18)25-14-12-24(13-15-25)17-20-6-4-16-27-20;/h4,6-10,16,26H,2-3,5,11-15,17H2,1H3,(H,22,23);1H. The summed E-state index contributed by atoms with van der Waals surface area (Å²) in [5.41, 5.74) is 1.25. The molecule has 0 saturated carbocycles. The van der Waals surface area contributed by atoms with Crippen LogP contribution in [0.2, 0.25) is 0 Å². The van der Waals surface area contributed by atoms with E-state index in [0.717, 1.165) is 64.6 Å². The lowest BCUT2D eigenvalue weighted by Crippen LogP contribution is -2.52. The topological polar surface area (TPSA) is 51.1 Å². The number of aromatic hydroxyl groups is 1. The van der Waals surface area contributed by atoms with Crippen LogP contribution >= 0.6 is 35.3 Å². The molecule has 0 unspecified atom stereocenters. The highest BCUT2D eigenvalue weighted by Gasteiger charge is 2.19. The predicted octanol–water partition coefficient (Wildman–Crippen LogP) is 3.79. The SMILES string of the molecule is CCNC(=NCCCc1ccc(O)cc1)N1CCN(Cc2cccs2)CC1.I. The van der Waals surface area contributed by atoms with E-state index in [4.69, 9.17) is 4.99 Å². The van der Waals surface area contributed by atoms with Crippen LogP contribution in [0, 0.1) is 0 Å². The van der Waals surface area contributed by atoms with Crippen LogP contribution in [-0.2, 0) is 13.0 Å². The van der Waals surface area contributed by atoms with Crippen molar-refractivity contribution in [2.75, 3.05) is 39.3 Å². The number of rotatable bonds is 7. The third-order valence-corrected chi connectivity index (χ3v) is 5.65. The molecule has 1 fully saturated rings. The number of thiophene rings is 1. The summed E-state index contributed by atoms with van der Waals surface area (Å²) >= 11 is 1.84. The van der Waals surface area contributed by atoms with Gasteiger partial charge in [-0.25, -0.2) is 0 Å². The smallest absolute Gasteiger partial charge is 0.194 e. The summed E-state index contributed by atoms with van der Waals surface area (Å²) in [7, 11) is 0. The van der Waals surface area contributed by atoms with Crippen LogP contribution < -0.4 is 5.32 Å². The van der Waals surface area contributed by atoms with Gasteiger partial charge in [0.05, 0.1) is 0 Å². The molecular formula is C21H31IN4OS. The predicted molar refractivity (Wildman–Crippen MR) is 129 cm³/mol. The highest BCUT2D eigenvalue weighted by atomic mass is 127. The Labute approximate surface area is 189 Å². The van der Waals surface area contributed by atoms with E-state index in [1.807, 2.05) is 23.5 Å². The first-order chi connectivity index (χ1) is 13.2. The molecular weight excluding hydrogens is 483 g/mol. The molecule has 28 heavy (non-hydrogen) atoms. The summed E-state index contributed by atoms with van der Waals surface area (Å²) in [6, 6.07) is 11.8. The number of phenols is 1. The molecule has 0 spiro atoms. The minimum absolute atomic E-state index is 0. The molecule has 0 aliphatic carbocycles. The molecule has 0 amide bonds. The molecule has 1 saturated heterocycles. The van der Waals surface area contributed by atoms with Gasteiger partial charge in [0.1, 0.15) is 5.75 Å². The van der Waals surface area contributed by atoms with E-state index in [2.05, 4.69) is 39.6 Å². The maximum Gasteiger partial charge on any atom is 0.194 e. The number of guanidine groups is 1. The highest BCUT2D eigenvalue weighted by molar-refractivity contribution is 14.0. The Bertz CT molecular complexity index is 698. The number of aryl methyl sites for hydroxylation is 1. The lowest BCUT2D eigenvalue weighted by Gasteiger charge is -2.36. The van der Waals surface area contributed by atoms with E-state index in [0.29, 0.717) is 5.75 Å². The number of benzene rings is 1. The molecule has 2 N–H and O–H groups in total. The normalized spacial score (nSPS) is 15.3. The van der Waals surface area contributed by atoms with E-state index in [9.17, 15) is 5.11 Å². The summed E-state index contributed by atoms with van der Waals surface area (Å²) in [6.45, 7) is 9.10. The van der Waals surface area contributed by atoms with Crippen LogP contribution in [0.15, 0.2) is 46.8 Å². The van der Waals surface area contributed by atoms with Crippen LogP contribution in [0.25, 0.3) is 0 Å². The summed E-state index contributed by atoms with van der Waals surface area (Å²) < 4.78 is 0. The molecule has 1 aromatic carbocycles. The van der Waals surface area contributed by atoms with Gasteiger partial charge in [-0.3, -0.25) is 9.89 Å². The van der Waals surface area contributed by atoms with Gasteiger partial charge in [0.2, 0.25) is 0 Å². The van der Waals surface area contributed by atoms with Gasteiger partial charge in [0, 0.05) is 50.7 Å². The summed E-state index contributed by atoms with van der Waals surface area (Å²) in [5.74, 6) is 1.36. The second-order valence-electron chi connectivity index (χ2n) is 6.85. The fourth-order valence-electron chi connectivity index (χ4n) is 3.30. The van der Waals surface area contributed by atoms with Crippen molar-refractivity contribution in [3.63, 3.8) is 0 Å². The number of aliphatic imine (C=N–C) groups is 1. The van der Waals surface area contributed by atoms with Crippen molar-refractivity contribution in [3.05, 3.63) is 52.2 Å². The van der Waals surface area contributed by atoms with Crippen LogP contribution in [0.1, 0.15) is 23.8 Å². The molecule has 2 aromatic rings. The average molecular weight is 514 g/mol. The van der Waals surface area contributed by atoms with Crippen molar-refractivity contribution in [3.8, 4) is 5.75 Å². The van der Waals surface area contributed by atoms with E-state index in [1.165, 1.54) is 10.4 Å². The number of nitrogens with one attached hydrogen (secondary N) is 1. The van der Waals surface area contributed by atoms with Gasteiger partial charge < -0.3 is 15.3 Å². The summed E-state index contributed by atoms with van der Waals surface area (Å²) in [4.78, 5) is 11.2. The molecule has 3 rings (SSSR count). The van der Waals surface area contributed by atoms with Gasteiger partial charge in [0.15, 0.2) is 5.96 Å². The van der Waals surface area contributed by atoms with Gasteiger partial charge in [-0.05, 0) is 48.9 Å². The lowest BCUT2D eigenvalue weighted by molar-refractivity contribution is 0.173. The van der Waals surface area contributed by atoms with Crippen LogP contribution in [0.5, 0.6) is 5.75 Å². The lowest BCUT2D eigenvalue weighted by atomic mass is 10.1. The number of nitrogens with zero attached hydrogens (tertiary/aromatic N) is 3. The van der Waals surface area contributed by atoms with E-state index >= 15 is 0 Å². The van der Waals surface area contributed by atoms with Gasteiger partial charge in [0.25, 0.3) is 0 Å². The average Bonchev–Trinajstić information content (AvgIpc) is 3.19. The zero-order chi connectivity index (χ0) is 18.9. The molecule has 154 valence electrons. The summed E-state index contributed by atoms with van der Waals surface area (Å²) in [5, 5.41) is 15.0. The van der Waals surface area contributed by atoms with Crippen molar-refractivity contribution in [1.82, 2.24) is 15.1 Å². The number of hydrogen-bond acceptors (Lipinski definition) is 4. The number of halogens is 1. The Morgan fingerprint density at radius 2 is 1.89 bits per heavy atom. The van der Waals surface area contributed by atoms with Crippen LogP contribution in [0.4, 0.5) is 0 Å². The summed E-state index contributed by atoms with van der Waals surface area (Å²) in [6.07, 6.45) is 2.00. The monoisotopic (exact) mass is 514 g/mol.